The lowest BCUT2D eigenvalue weighted by atomic mass is 10.9. The number of nitrogens with two attached hydrogens (primary N) is 1. The van der Waals surface area contributed by atoms with Gasteiger partial charge >= 0.3 is 0 Å². The number of carbonyl (C=O) groups is 1. The van der Waals surface area contributed by atoms with Gasteiger partial charge in [-0.15, -0.1) is 0 Å². The van der Waals surface area contributed by atoms with E-state index in [1.165, 1.54) is 0 Å². The highest BCUT2D eigenvalue weighted by Gasteiger charge is 1.74. The Morgan fingerprint density at radius 2 is 2.43 bits per heavy atom. The van der Waals surface area contributed by atoms with E-state index in [-0.39, 0.29) is 0 Å². The van der Waals surface area contributed by atoms with Crippen molar-refractivity contribution in [2.24, 2.45) is 5.73 Å². The molecule has 4 heteroatoms. The van der Waals surface area contributed by atoms with Crippen molar-refractivity contribution in [1.82, 2.24) is 5.32 Å². The van der Waals surface area contributed by atoms with Gasteiger partial charge in [0.05, 0.1) is 6.20 Å². The average Bonchev–Trinajstić information content (AvgIpc) is 1.61. The number of carbonyl (C=O) groups excluding carboxylic acids is 1. The molecule has 0 heterocycles. The van der Waals surface area contributed by atoms with E-state index in [1.54, 1.807) is 0 Å². The second-order valence-corrected chi connectivity index (χ2v) is 0.814. The van der Waals surface area contributed by atoms with Crippen LogP contribution >= 0.6 is 0 Å². The number of halogens is 1. The molecule has 0 unspecified atom stereocenters. The maximum Gasteiger partial charge on any atom is 0.211 e. The van der Waals surface area contributed by atoms with Crippen LogP contribution in [0.3, 0.4) is 0 Å². The van der Waals surface area contributed by atoms with Gasteiger partial charge in [-0.2, -0.15) is 4.39 Å². The second-order valence-electron chi connectivity index (χ2n) is 0.814. The summed E-state index contributed by atoms with van der Waals surface area (Å²) in [6.45, 7) is 0. The molecule has 0 aromatic carbocycles. The summed E-state index contributed by atoms with van der Waals surface area (Å²) in [5.41, 5.74) is 4.45. The fourth-order valence-electron chi connectivity index (χ4n) is 0.114. The Hall–Kier alpha value is -1.06. The predicted molar refractivity (Wildman–Crippen MR) is 22.6 cm³/mol. The first-order valence-electron chi connectivity index (χ1n) is 1.58. The Morgan fingerprint density at radius 3 is 2.57 bits per heavy atom. The van der Waals surface area contributed by atoms with Crippen LogP contribution in [-0.2, 0) is 4.79 Å². The van der Waals surface area contributed by atoms with Gasteiger partial charge in [0.2, 0.25) is 12.4 Å². The zero-order valence-electron chi connectivity index (χ0n) is 3.52. The molecule has 3 N–H and O–H groups in total. The Morgan fingerprint density at radius 1 is 1.86 bits per heavy atom. The van der Waals surface area contributed by atoms with Crippen molar-refractivity contribution in [2.75, 3.05) is 0 Å². The molecule has 0 aliphatic carbocycles. The molecule has 1 amide bonds. The lowest BCUT2D eigenvalue weighted by Crippen LogP contribution is -2.03. The molecule has 3 nitrogen and oxygen atoms in total. The molecular formula is C3H5FN2O. The molecule has 0 fully saturated rings. The first-order chi connectivity index (χ1) is 3.27. The largest absolute Gasteiger partial charge is 0.374 e. The van der Waals surface area contributed by atoms with E-state index >= 15 is 0 Å². The number of hydrogen-bond acceptors (Lipinski definition) is 2. The lowest BCUT2D eigenvalue weighted by Gasteiger charge is -1.80. The van der Waals surface area contributed by atoms with Crippen LogP contribution in [0.2, 0.25) is 0 Å². The van der Waals surface area contributed by atoms with E-state index in [4.69, 9.17) is 0 Å². The van der Waals surface area contributed by atoms with Gasteiger partial charge < -0.3 is 11.1 Å². The third-order valence-corrected chi connectivity index (χ3v) is 0.289. The average molecular weight is 104 g/mol. The first-order valence-corrected chi connectivity index (χ1v) is 1.58. The van der Waals surface area contributed by atoms with E-state index < -0.39 is 5.95 Å². The van der Waals surface area contributed by atoms with Gasteiger partial charge in [0, 0.05) is 0 Å². The molecule has 7 heavy (non-hydrogen) atoms. The van der Waals surface area contributed by atoms with Crippen molar-refractivity contribution in [3.05, 3.63) is 12.2 Å². The summed E-state index contributed by atoms with van der Waals surface area (Å²) in [4.78, 5) is 9.33. The summed E-state index contributed by atoms with van der Waals surface area (Å²) < 4.78 is 11.3. The minimum absolute atomic E-state index is 0.326. The molecule has 0 aliphatic rings. The molecule has 0 spiro atoms. The van der Waals surface area contributed by atoms with Gasteiger partial charge in [-0.1, -0.05) is 0 Å². The summed E-state index contributed by atoms with van der Waals surface area (Å²) in [6, 6.07) is 0. The van der Waals surface area contributed by atoms with Crippen LogP contribution in [0.15, 0.2) is 12.2 Å². The summed E-state index contributed by atoms with van der Waals surface area (Å²) in [5.74, 6) is -0.910. The van der Waals surface area contributed by atoms with Crippen molar-refractivity contribution in [2.45, 2.75) is 0 Å². The van der Waals surface area contributed by atoms with Crippen molar-refractivity contribution >= 4 is 6.41 Å². The minimum atomic E-state index is -0.910. The maximum absolute atomic E-state index is 11.3. The fourth-order valence-corrected chi connectivity index (χ4v) is 0.114. The highest BCUT2D eigenvalue weighted by Crippen LogP contribution is 1.75. The van der Waals surface area contributed by atoms with Gasteiger partial charge in [-0.3, -0.25) is 4.79 Å². The molecule has 0 bridgehead atoms. The van der Waals surface area contributed by atoms with E-state index in [2.05, 4.69) is 5.73 Å². The molecular weight excluding hydrogens is 99.0 g/mol. The van der Waals surface area contributed by atoms with Crippen LogP contribution in [0, 0.1) is 0 Å². The molecule has 0 atom stereocenters. The summed E-state index contributed by atoms with van der Waals surface area (Å²) in [7, 11) is 0. The molecule has 0 aromatic rings. The highest BCUT2D eigenvalue weighted by atomic mass is 19.1. The van der Waals surface area contributed by atoms with Gasteiger partial charge in [0.15, 0.2) is 0 Å². The summed E-state index contributed by atoms with van der Waals surface area (Å²) in [6.07, 6.45) is 1.08. The molecule has 0 aliphatic heterocycles. The SMILES string of the molecule is N/C(F)=C\NC=O. The Kier molecular flexibility index (Phi) is 2.67. The fraction of sp³-hybridized carbons (Fsp3) is 0. The van der Waals surface area contributed by atoms with Crippen molar-refractivity contribution in [1.29, 1.82) is 0 Å². The second kappa shape index (κ2) is 3.14. The summed E-state index contributed by atoms with van der Waals surface area (Å²) >= 11 is 0. The molecule has 40 valence electrons. The molecule has 0 aromatic heterocycles. The van der Waals surface area contributed by atoms with Crippen LogP contribution in [0.25, 0.3) is 0 Å². The number of rotatable bonds is 2. The van der Waals surface area contributed by atoms with E-state index in [0.29, 0.717) is 6.41 Å². The number of hydrogen-bond donors (Lipinski definition) is 2. The minimum Gasteiger partial charge on any atom is -0.374 e. The van der Waals surface area contributed by atoms with Gasteiger partial charge in [0.25, 0.3) is 0 Å². The van der Waals surface area contributed by atoms with E-state index in [1.807, 2.05) is 5.32 Å². The zero-order valence-corrected chi connectivity index (χ0v) is 3.52. The Balaban J connectivity index is 3.25. The van der Waals surface area contributed by atoms with Crippen LogP contribution in [0.1, 0.15) is 0 Å². The van der Waals surface area contributed by atoms with Gasteiger partial charge in [-0.25, -0.2) is 0 Å². The third kappa shape index (κ3) is 4.94. The number of nitrogens with one attached hydrogen (secondary N) is 1. The van der Waals surface area contributed by atoms with Crippen LogP contribution in [-0.4, -0.2) is 6.41 Å². The van der Waals surface area contributed by atoms with Crippen molar-refractivity contribution in [3.8, 4) is 0 Å². The first kappa shape index (κ1) is 5.94. The molecule has 0 radical (unpaired) electrons. The zero-order chi connectivity index (χ0) is 5.70. The van der Waals surface area contributed by atoms with Crippen molar-refractivity contribution < 1.29 is 9.18 Å². The maximum atomic E-state index is 11.3. The van der Waals surface area contributed by atoms with Crippen molar-refractivity contribution in [3.63, 3.8) is 0 Å². The highest BCUT2D eigenvalue weighted by molar-refractivity contribution is 5.47. The number of amides is 1. The third-order valence-electron chi connectivity index (χ3n) is 0.289. The Bertz CT molecular complexity index is 86.9. The quantitative estimate of drug-likeness (QED) is 0.365. The Labute approximate surface area is 40.0 Å². The molecule has 0 rings (SSSR count). The van der Waals surface area contributed by atoms with Gasteiger partial charge in [0.1, 0.15) is 0 Å². The summed E-state index contributed by atoms with van der Waals surface area (Å²) in [5, 5.41) is 1.91. The smallest absolute Gasteiger partial charge is 0.211 e. The molecule has 0 saturated carbocycles. The van der Waals surface area contributed by atoms with E-state index in [9.17, 15) is 9.18 Å². The molecule has 0 saturated heterocycles. The van der Waals surface area contributed by atoms with E-state index in [0.717, 1.165) is 6.20 Å². The van der Waals surface area contributed by atoms with Crippen LogP contribution in [0.4, 0.5) is 4.39 Å². The lowest BCUT2D eigenvalue weighted by molar-refractivity contribution is -0.108. The topological polar surface area (TPSA) is 55.1 Å². The normalized spacial score (nSPS) is 10.7. The predicted octanol–water partition coefficient (Wildman–Crippen LogP) is -0.541. The van der Waals surface area contributed by atoms with Gasteiger partial charge in [-0.05, 0) is 0 Å². The van der Waals surface area contributed by atoms with Crippen LogP contribution < -0.4 is 11.1 Å². The van der Waals surface area contributed by atoms with Crippen LogP contribution in [0.5, 0.6) is 0 Å². The monoisotopic (exact) mass is 104 g/mol. The standard InChI is InChI=1S/C3H5FN2O/c4-3(5)1-6-2-7/h1-2H,5H2,(H,6,7)/b3-1-.